The molecule has 0 aromatic rings. The number of likely N-dealkylation sites (tertiary alicyclic amines) is 5. The molecule has 228 valence electrons. The van der Waals surface area contributed by atoms with Crippen molar-refractivity contribution in [1.29, 1.82) is 0 Å². The third kappa shape index (κ3) is 7.22. The van der Waals surface area contributed by atoms with Crippen LogP contribution in [0.1, 0.15) is 66.2 Å². The maximum atomic E-state index is 2.60. The summed E-state index contributed by atoms with van der Waals surface area (Å²) in [4.78, 5) is 14.8. The predicted octanol–water partition coefficient (Wildman–Crippen LogP) is 3.98. The van der Waals surface area contributed by atoms with E-state index in [1.54, 1.807) is 0 Å². The summed E-state index contributed by atoms with van der Waals surface area (Å²) < 4.78 is 0. The Kier molecular flexibility index (Phi) is 10.5. The topological polar surface area (TPSA) is 19.4 Å². The predicted molar refractivity (Wildman–Crippen MR) is 167 cm³/mol. The summed E-state index contributed by atoms with van der Waals surface area (Å²) in [6.45, 7) is 15.5. The highest BCUT2D eigenvalue weighted by Crippen LogP contribution is 2.41. The van der Waals surface area contributed by atoms with Crippen LogP contribution in [0.2, 0.25) is 0 Å². The minimum atomic E-state index is 0. The summed E-state index contributed by atoms with van der Waals surface area (Å²) >= 11 is 0. The molecule has 8 rings (SSSR count). The zero-order chi connectivity index (χ0) is 27.2. The molecule has 6 atom stereocenters. The van der Waals surface area contributed by atoms with E-state index < -0.39 is 0 Å². The van der Waals surface area contributed by atoms with Crippen molar-refractivity contribution in [3.63, 3.8) is 0 Å². The normalized spacial score (nSPS) is 42.8. The average molecular weight is 547 g/mol. The number of piperidine rings is 2. The van der Waals surface area contributed by atoms with Crippen LogP contribution in [-0.2, 0) is 0 Å². The van der Waals surface area contributed by atoms with Gasteiger partial charge in [0.05, 0.1) is 0 Å². The zero-order valence-electron chi connectivity index (χ0n) is 26.4. The standard InChI is InChI=1S/2C9H17N.2C7H14N2.CH4/c1-7-8-3-4-9(7)6-10(2)5-8;1-7-5-8-3-4-9(6-7)10(8)2;1-8-3-7(4-8)5-9(2)6-7;1-8-4-7-3-6(8)5-9(7)2;/h2*7-9H,3-6H2,1-2H3;3-6H2,1-2H3;6-7H,3-5H2,1-2H3;1H4. The van der Waals surface area contributed by atoms with E-state index in [4.69, 9.17) is 0 Å². The molecule has 1 spiro atoms. The third-order valence-corrected chi connectivity index (χ3v) is 12.0. The van der Waals surface area contributed by atoms with E-state index in [9.17, 15) is 0 Å². The van der Waals surface area contributed by atoms with E-state index in [0.29, 0.717) is 0 Å². The Bertz CT molecular complexity index is 666. The largest absolute Gasteiger partial charge is 0.306 e. The second-order valence-electron chi connectivity index (χ2n) is 15.6. The number of hydrogen-bond acceptors (Lipinski definition) is 6. The first-order chi connectivity index (χ1) is 18.0. The fourth-order valence-corrected chi connectivity index (χ4v) is 9.88. The van der Waals surface area contributed by atoms with E-state index in [1.165, 1.54) is 97.3 Å². The van der Waals surface area contributed by atoms with Crippen LogP contribution < -0.4 is 0 Å². The lowest BCUT2D eigenvalue weighted by Crippen LogP contribution is -2.70. The van der Waals surface area contributed by atoms with Gasteiger partial charge in [0, 0.05) is 81.9 Å². The maximum Gasteiger partial charge on any atom is 0.0236 e. The molecule has 7 heterocycles. The first kappa shape index (κ1) is 31.7. The minimum absolute atomic E-state index is 0. The van der Waals surface area contributed by atoms with Crippen molar-refractivity contribution in [3.05, 3.63) is 0 Å². The highest BCUT2D eigenvalue weighted by molar-refractivity contribution is 5.03. The van der Waals surface area contributed by atoms with Gasteiger partial charge in [-0.1, -0.05) is 21.3 Å². The van der Waals surface area contributed by atoms with Gasteiger partial charge in [-0.2, -0.15) is 0 Å². The van der Waals surface area contributed by atoms with Gasteiger partial charge in [-0.15, -0.1) is 0 Å². The first-order valence-electron chi connectivity index (χ1n) is 16.2. The number of hydrogen-bond donors (Lipinski definition) is 0. The van der Waals surface area contributed by atoms with Crippen molar-refractivity contribution in [1.82, 2.24) is 29.4 Å². The minimum Gasteiger partial charge on any atom is -0.306 e. The van der Waals surface area contributed by atoms with Crippen LogP contribution in [0.3, 0.4) is 0 Å². The molecule has 7 aliphatic heterocycles. The monoisotopic (exact) mass is 547 g/mol. The molecule has 6 unspecified atom stereocenters. The Balaban J connectivity index is 0.000000120. The Morgan fingerprint density at radius 3 is 1.31 bits per heavy atom. The van der Waals surface area contributed by atoms with E-state index in [-0.39, 0.29) is 7.43 Å². The van der Waals surface area contributed by atoms with Crippen molar-refractivity contribution in [2.75, 3.05) is 94.6 Å². The molecule has 39 heavy (non-hydrogen) atoms. The molecule has 6 heteroatoms. The molecule has 6 nitrogen and oxygen atoms in total. The smallest absolute Gasteiger partial charge is 0.0236 e. The quantitative estimate of drug-likeness (QED) is 0.455. The molecular formula is C33H66N6. The van der Waals surface area contributed by atoms with Gasteiger partial charge in [-0.05, 0) is 111 Å². The first-order valence-corrected chi connectivity index (χ1v) is 16.2. The van der Waals surface area contributed by atoms with E-state index in [0.717, 1.165) is 53.3 Å². The Hall–Kier alpha value is -0.240. The molecule has 7 saturated heterocycles. The fraction of sp³-hybridized carbons (Fsp3) is 1.00. The highest BCUT2D eigenvalue weighted by atomic mass is 15.3. The molecule has 1 aliphatic carbocycles. The van der Waals surface area contributed by atoms with Gasteiger partial charge in [-0.25, -0.2) is 0 Å². The molecule has 0 N–H and O–H groups in total. The molecule has 8 fully saturated rings. The van der Waals surface area contributed by atoms with E-state index in [2.05, 4.69) is 85.5 Å². The lowest BCUT2D eigenvalue weighted by molar-refractivity contribution is -0.0926. The van der Waals surface area contributed by atoms with Crippen molar-refractivity contribution in [2.24, 2.45) is 29.1 Å². The number of fused-ring (bicyclic) bond motifs is 6. The van der Waals surface area contributed by atoms with Crippen molar-refractivity contribution in [2.45, 2.75) is 90.4 Å². The van der Waals surface area contributed by atoms with Gasteiger partial charge in [0.15, 0.2) is 0 Å². The van der Waals surface area contributed by atoms with Gasteiger partial charge in [-0.3, -0.25) is 0 Å². The molecule has 0 radical (unpaired) electrons. The summed E-state index contributed by atoms with van der Waals surface area (Å²) in [6.07, 6.45) is 10.2. The third-order valence-electron chi connectivity index (χ3n) is 12.0. The molecule has 0 aromatic carbocycles. The second-order valence-corrected chi connectivity index (χ2v) is 15.6. The molecule has 0 amide bonds. The van der Waals surface area contributed by atoms with Crippen molar-refractivity contribution in [3.8, 4) is 0 Å². The van der Waals surface area contributed by atoms with Crippen LogP contribution in [0.4, 0.5) is 0 Å². The van der Waals surface area contributed by atoms with Gasteiger partial charge in [0.2, 0.25) is 0 Å². The molecular weight excluding hydrogens is 480 g/mol. The fourth-order valence-electron chi connectivity index (χ4n) is 9.88. The van der Waals surface area contributed by atoms with Gasteiger partial charge >= 0.3 is 0 Å². The van der Waals surface area contributed by atoms with Crippen LogP contribution in [0.15, 0.2) is 0 Å². The summed E-state index contributed by atoms with van der Waals surface area (Å²) in [5, 5.41) is 0. The van der Waals surface area contributed by atoms with Crippen molar-refractivity contribution >= 4 is 0 Å². The number of likely N-dealkylation sites (N-methyl/N-ethyl adjacent to an activating group) is 2. The lowest BCUT2D eigenvalue weighted by atomic mass is 9.74. The maximum absolute atomic E-state index is 2.60. The SMILES string of the molecule is C.CC1C2CCC1CN(C)C2.CC1CC2CCC(C1)N2C.CN1CC2(C1)CN(C)C2.CN1CC2CC1CN2C. The Morgan fingerprint density at radius 2 is 0.949 bits per heavy atom. The van der Waals surface area contributed by atoms with Crippen LogP contribution in [0.5, 0.6) is 0 Å². The summed E-state index contributed by atoms with van der Waals surface area (Å²) in [6, 6.07) is 3.63. The van der Waals surface area contributed by atoms with Gasteiger partial charge in [0.1, 0.15) is 0 Å². The Morgan fingerprint density at radius 1 is 0.513 bits per heavy atom. The zero-order valence-corrected chi connectivity index (χ0v) is 26.4. The summed E-state index contributed by atoms with van der Waals surface area (Å²) in [5.74, 6) is 4.08. The average Bonchev–Trinajstić information content (AvgIpc) is 3.47. The summed E-state index contributed by atoms with van der Waals surface area (Å²) in [5.41, 5.74) is 0.740. The molecule has 8 aliphatic rings. The van der Waals surface area contributed by atoms with Crippen LogP contribution in [0, 0.1) is 29.1 Å². The highest BCUT2D eigenvalue weighted by Gasteiger charge is 2.48. The summed E-state index contributed by atoms with van der Waals surface area (Å²) in [7, 11) is 13.4. The van der Waals surface area contributed by atoms with Crippen LogP contribution >= 0.6 is 0 Å². The number of nitrogens with zero attached hydrogens (tertiary/aromatic N) is 6. The van der Waals surface area contributed by atoms with Gasteiger partial charge in [0.25, 0.3) is 0 Å². The van der Waals surface area contributed by atoms with Gasteiger partial charge < -0.3 is 29.4 Å². The molecule has 0 aromatic heterocycles. The Labute approximate surface area is 243 Å². The number of rotatable bonds is 0. The van der Waals surface area contributed by atoms with Crippen molar-refractivity contribution < 1.29 is 0 Å². The second kappa shape index (κ2) is 13.0. The molecule has 1 saturated carbocycles. The van der Waals surface area contributed by atoms with E-state index in [1.807, 2.05) is 0 Å². The lowest BCUT2D eigenvalue weighted by Gasteiger charge is -2.58. The molecule has 6 bridgehead atoms. The van der Waals surface area contributed by atoms with Crippen LogP contribution in [-0.4, -0.2) is 148 Å². The van der Waals surface area contributed by atoms with E-state index >= 15 is 0 Å². The van der Waals surface area contributed by atoms with Crippen LogP contribution in [0.25, 0.3) is 0 Å². The number of piperazine rings is 1.